The molecular formula is C20H26O3S2. The number of fused-ring (bicyclic) bond motifs is 1. The zero-order chi connectivity index (χ0) is 18.2. The second kappa shape index (κ2) is 9.97. The standard InChI is InChI=1S/C20H26O3S2/c1-4-15(9-7-8-12-22-20(21)14(2)3)25-18-13-19(24)23-17-11-6-5-10-16(17)18/h5-6,10-11,13-15H,4,7-9,12H2,1-3H3. The van der Waals surface area contributed by atoms with Crippen molar-refractivity contribution in [1.82, 2.24) is 0 Å². The molecule has 5 heteroatoms. The SMILES string of the molecule is CCC(CCCCOC(=O)C(C)C)Sc1cc(=S)oc2ccccc12. The van der Waals surface area contributed by atoms with Crippen LogP contribution in [-0.4, -0.2) is 17.8 Å². The van der Waals surface area contributed by atoms with E-state index in [0.717, 1.165) is 36.7 Å². The molecule has 25 heavy (non-hydrogen) atoms. The summed E-state index contributed by atoms with van der Waals surface area (Å²) in [4.78, 5) is 12.6. The smallest absolute Gasteiger partial charge is 0.308 e. The van der Waals surface area contributed by atoms with Crippen LogP contribution in [0, 0.1) is 10.6 Å². The topological polar surface area (TPSA) is 39.4 Å². The first-order valence-electron chi connectivity index (χ1n) is 8.87. The highest BCUT2D eigenvalue weighted by Crippen LogP contribution is 2.34. The van der Waals surface area contributed by atoms with Crippen LogP contribution < -0.4 is 0 Å². The molecule has 0 saturated carbocycles. The van der Waals surface area contributed by atoms with E-state index in [9.17, 15) is 4.79 Å². The number of benzene rings is 1. The molecule has 0 amide bonds. The number of carbonyl (C=O) groups excluding carboxylic acids is 1. The summed E-state index contributed by atoms with van der Waals surface area (Å²) in [6.07, 6.45) is 4.14. The molecule has 2 rings (SSSR count). The minimum Gasteiger partial charge on any atom is -0.465 e. The van der Waals surface area contributed by atoms with E-state index in [4.69, 9.17) is 21.4 Å². The number of rotatable bonds is 9. The molecule has 1 aromatic heterocycles. The van der Waals surface area contributed by atoms with Crippen molar-refractivity contribution in [1.29, 1.82) is 0 Å². The summed E-state index contributed by atoms with van der Waals surface area (Å²) in [5.41, 5.74) is 0.841. The lowest BCUT2D eigenvalue weighted by Crippen LogP contribution is -2.12. The fraction of sp³-hybridized carbons (Fsp3) is 0.500. The molecule has 0 radical (unpaired) electrons. The summed E-state index contributed by atoms with van der Waals surface area (Å²) in [6, 6.07) is 9.97. The summed E-state index contributed by atoms with van der Waals surface area (Å²) >= 11 is 7.12. The monoisotopic (exact) mass is 378 g/mol. The third kappa shape index (κ3) is 6.15. The van der Waals surface area contributed by atoms with Crippen molar-refractivity contribution in [3.8, 4) is 0 Å². The highest BCUT2D eigenvalue weighted by atomic mass is 32.2. The lowest BCUT2D eigenvalue weighted by molar-refractivity contribution is -0.147. The maximum Gasteiger partial charge on any atom is 0.308 e. The van der Waals surface area contributed by atoms with Crippen molar-refractivity contribution >= 4 is 40.9 Å². The third-order valence-electron chi connectivity index (χ3n) is 4.00. The van der Waals surface area contributed by atoms with Gasteiger partial charge < -0.3 is 9.15 Å². The van der Waals surface area contributed by atoms with Gasteiger partial charge in [0, 0.05) is 21.6 Å². The Bertz CT molecular complexity index is 752. The van der Waals surface area contributed by atoms with E-state index < -0.39 is 0 Å². The number of hydrogen-bond donors (Lipinski definition) is 0. The molecule has 0 aliphatic heterocycles. The van der Waals surface area contributed by atoms with Crippen molar-refractivity contribution in [3.63, 3.8) is 0 Å². The Kier molecular flexibility index (Phi) is 7.97. The Morgan fingerprint density at radius 2 is 2.04 bits per heavy atom. The number of esters is 1. The minimum atomic E-state index is -0.112. The van der Waals surface area contributed by atoms with Crippen molar-refractivity contribution < 1.29 is 13.9 Å². The molecule has 0 aliphatic carbocycles. The van der Waals surface area contributed by atoms with Crippen LogP contribution >= 0.6 is 24.0 Å². The van der Waals surface area contributed by atoms with E-state index in [1.807, 2.05) is 49.9 Å². The van der Waals surface area contributed by atoms with Crippen LogP contribution in [0.1, 0.15) is 46.5 Å². The number of ether oxygens (including phenoxy) is 1. The predicted octanol–water partition coefficient (Wildman–Crippen LogP) is 6.40. The second-order valence-electron chi connectivity index (χ2n) is 6.39. The predicted molar refractivity (Wildman–Crippen MR) is 107 cm³/mol. The van der Waals surface area contributed by atoms with Crippen LogP contribution in [-0.2, 0) is 9.53 Å². The number of unbranched alkanes of at least 4 members (excludes halogenated alkanes) is 1. The Balaban J connectivity index is 1.90. The van der Waals surface area contributed by atoms with E-state index in [2.05, 4.69) is 13.0 Å². The van der Waals surface area contributed by atoms with Gasteiger partial charge in [-0.15, -0.1) is 11.8 Å². The van der Waals surface area contributed by atoms with E-state index >= 15 is 0 Å². The van der Waals surface area contributed by atoms with Gasteiger partial charge in [0.05, 0.1) is 12.5 Å². The molecule has 1 heterocycles. The van der Waals surface area contributed by atoms with Crippen LogP contribution in [0.15, 0.2) is 39.6 Å². The van der Waals surface area contributed by atoms with E-state index in [1.165, 1.54) is 4.90 Å². The maximum atomic E-state index is 11.4. The van der Waals surface area contributed by atoms with Gasteiger partial charge in [0.1, 0.15) is 5.58 Å². The Labute approximate surface area is 159 Å². The van der Waals surface area contributed by atoms with Crippen molar-refractivity contribution in [2.45, 2.75) is 56.6 Å². The van der Waals surface area contributed by atoms with Gasteiger partial charge in [-0.25, -0.2) is 0 Å². The summed E-state index contributed by atoms with van der Waals surface area (Å²) in [7, 11) is 0. The molecule has 136 valence electrons. The molecule has 0 bridgehead atoms. The average Bonchev–Trinajstić information content (AvgIpc) is 2.59. The zero-order valence-corrected chi connectivity index (χ0v) is 16.8. The molecular weight excluding hydrogens is 352 g/mol. The molecule has 3 nitrogen and oxygen atoms in total. The average molecular weight is 379 g/mol. The van der Waals surface area contributed by atoms with Gasteiger partial charge in [-0.2, -0.15) is 0 Å². The Morgan fingerprint density at radius 1 is 1.28 bits per heavy atom. The second-order valence-corrected chi connectivity index (χ2v) is 8.14. The van der Waals surface area contributed by atoms with Crippen LogP contribution in [0.25, 0.3) is 11.0 Å². The highest BCUT2D eigenvalue weighted by Gasteiger charge is 2.12. The lowest BCUT2D eigenvalue weighted by atomic mass is 10.1. The van der Waals surface area contributed by atoms with Crippen molar-refractivity contribution in [3.05, 3.63) is 35.0 Å². The van der Waals surface area contributed by atoms with Crippen molar-refractivity contribution in [2.75, 3.05) is 6.61 Å². The van der Waals surface area contributed by atoms with Crippen LogP contribution in [0.3, 0.4) is 0 Å². The van der Waals surface area contributed by atoms with Crippen LogP contribution in [0.2, 0.25) is 0 Å². The van der Waals surface area contributed by atoms with E-state index in [0.29, 0.717) is 16.6 Å². The Morgan fingerprint density at radius 3 is 2.76 bits per heavy atom. The van der Waals surface area contributed by atoms with Gasteiger partial charge in [0.25, 0.3) is 0 Å². The van der Waals surface area contributed by atoms with Crippen LogP contribution in [0.5, 0.6) is 0 Å². The molecule has 2 aromatic rings. The molecule has 0 fully saturated rings. The Hall–Kier alpha value is -1.33. The number of hydrogen-bond acceptors (Lipinski definition) is 5. The first-order chi connectivity index (χ1) is 12.0. The van der Waals surface area contributed by atoms with E-state index in [1.54, 1.807) is 0 Å². The van der Waals surface area contributed by atoms with Gasteiger partial charge in [-0.3, -0.25) is 4.79 Å². The lowest BCUT2D eigenvalue weighted by Gasteiger charge is -2.15. The first kappa shape index (κ1) is 20.0. The quantitative estimate of drug-likeness (QED) is 0.218. The molecule has 1 atom stereocenters. The van der Waals surface area contributed by atoms with Crippen LogP contribution in [0.4, 0.5) is 0 Å². The summed E-state index contributed by atoms with van der Waals surface area (Å²) < 4.78 is 11.4. The molecule has 1 aromatic carbocycles. The summed E-state index contributed by atoms with van der Waals surface area (Å²) in [5.74, 6) is -0.165. The zero-order valence-electron chi connectivity index (χ0n) is 15.1. The van der Waals surface area contributed by atoms with Gasteiger partial charge in [0.2, 0.25) is 0 Å². The molecule has 0 N–H and O–H groups in total. The maximum absolute atomic E-state index is 11.4. The molecule has 0 saturated heterocycles. The third-order valence-corrected chi connectivity index (χ3v) is 5.69. The van der Waals surface area contributed by atoms with Gasteiger partial charge in [-0.1, -0.05) is 39.0 Å². The van der Waals surface area contributed by atoms with Crippen molar-refractivity contribution in [2.24, 2.45) is 5.92 Å². The molecule has 0 aliphatic rings. The van der Waals surface area contributed by atoms with E-state index in [-0.39, 0.29) is 11.9 Å². The van der Waals surface area contributed by atoms with Gasteiger partial charge in [0.15, 0.2) is 4.71 Å². The summed E-state index contributed by atoms with van der Waals surface area (Å²) in [6.45, 7) is 6.44. The fourth-order valence-corrected chi connectivity index (χ4v) is 4.08. The largest absolute Gasteiger partial charge is 0.465 e. The molecule has 1 unspecified atom stereocenters. The highest BCUT2D eigenvalue weighted by molar-refractivity contribution is 8.00. The van der Waals surface area contributed by atoms with Gasteiger partial charge >= 0.3 is 5.97 Å². The first-order valence-corrected chi connectivity index (χ1v) is 10.2. The normalized spacial score (nSPS) is 12.5. The fourth-order valence-electron chi connectivity index (χ4n) is 2.52. The number of carbonyl (C=O) groups is 1. The number of para-hydroxylation sites is 1. The van der Waals surface area contributed by atoms with Gasteiger partial charge in [-0.05, 0) is 44.0 Å². The molecule has 0 spiro atoms. The summed E-state index contributed by atoms with van der Waals surface area (Å²) in [5, 5.41) is 1.63. The minimum absolute atomic E-state index is 0.0525. The number of thioether (sulfide) groups is 1.